The molecular formula is C20H14F4N4O3S2. The van der Waals surface area contributed by atoms with Crippen LogP contribution in [0.4, 0.5) is 17.6 Å². The third-order valence-electron chi connectivity index (χ3n) is 4.53. The molecule has 0 atom stereocenters. The molecular weight excluding hydrogens is 484 g/mol. The van der Waals surface area contributed by atoms with E-state index in [-0.39, 0.29) is 30.0 Å². The third kappa shape index (κ3) is 4.65. The van der Waals surface area contributed by atoms with Crippen LogP contribution >= 0.6 is 22.7 Å². The number of hydrogen-bond acceptors (Lipinski definition) is 5. The Hall–Kier alpha value is -3.16. The number of thiazole rings is 2. The van der Waals surface area contributed by atoms with E-state index in [4.69, 9.17) is 4.74 Å². The molecule has 0 aliphatic rings. The fourth-order valence-electron chi connectivity index (χ4n) is 3.12. The van der Waals surface area contributed by atoms with Crippen LogP contribution in [0.5, 0.6) is 0 Å². The summed E-state index contributed by atoms with van der Waals surface area (Å²) in [6.45, 7) is -1.10. The highest BCUT2D eigenvalue weighted by atomic mass is 32.1. The van der Waals surface area contributed by atoms with E-state index in [0.29, 0.717) is 0 Å². The third-order valence-corrected chi connectivity index (χ3v) is 6.68. The Balaban J connectivity index is 1.46. The second-order valence-corrected chi connectivity index (χ2v) is 8.88. The number of benzene rings is 2. The highest BCUT2D eigenvalue weighted by Gasteiger charge is 2.13. The Kier molecular flexibility index (Phi) is 6.28. The fourth-order valence-corrected chi connectivity index (χ4v) is 5.27. The van der Waals surface area contributed by atoms with Gasteiger partial charge >= 0.3 is 0 Å². The molecule has 4 aromatic rings. The van der Waals surface area contributed by atoms with E-state index < -0.39 is 48.3 Å². The average molecular weight is 498 g/mol. The first-order valence-corrected chi connectivity index (χ1v) is 10.9. The average Bonchev–Trinajstić information content (AvgIpc) is 3.18. The van der Waals surface area contributed by atoms with E-state index in [1.807, 2.05) is 0 Å². The molecule has 0 bridgehead atoms. The van der Waals surface area contributed by atoms with Gasteiger partial charge in [0.2, 0.25) is 0 Å². The van der Waals surface area contributed by atoms with E-state index in [1.54, 1.807) is 0 Å². The molecule has 7 nitrogen and oxygen atoms in total. The molecule has 2 aromatic heterocycles. The van der Waals surface area contributed by atoms with Crippen LogP contribution in [0.15, 0.2) is 34.3 Å². The number of aromatic nitrogens is 2. The monoisotopic (exact) mass is 498 g/mol. The lowest BCUT2D eigenvalue weighted by molar-refractivity contribution is -0.127. The van der Waals surface area contributed by atoms with Crippen LogP contribution in [0.1, 0.15) is 0 Å². The minimum absolute atomic E-state index is 0.107. The first kappa shape index (κ1) is 23.0. The molecule has 0 N–H and O–H groups in total. The van der Waals surface area contributed by atoms with Crippen molar-refractivity contribution >= 4 is 54.9 Å². The molecule has 33 heavy (non-hydrogen) atoms. The maximum atomic E-state index is 14.0. The Morgan fingerprint density at radius 1 is 0.788 bits per heavy atom. The maximum Gasteiger partial charge on any atom is 0.274 e. The van der Waals surface area contributed by atoms with Gasteiger partial charge in [-0.3, -0.25) is 9.59 Å². The predicted octanol–water partition coefficient (Wildman–Crippen LogP) is 2.92. The van der Waals surface area contributed by atoms with Crippen molar-refractivity contribution < 1.29 is 31.9 Å². The normalized spacial score (nSPS) is 12.9. The summed E-state index contributed by atoms with van der Waals surface area (Å²) in [6.07, 6.45) is 0. The first-order valence-electron chi connectivity index (χ1n) is 9.26. The molecule has 0 saturated carbocycles. The smallest absolute Gasteiger partial charge is 0.274 e. The van der Waals surface area contributed by atoms with Crippen LogP contribution in [-0.4, -0.2) is 34.2 Å². The number of amides is 2. The Morgan fingerprint density at radius 3 is 1.58 bits per heavy atom. The molecule has 2 heterocycles. The lowest BCUT2D eigenvalue weighted by Crippen LogP contribution is -2.19. The van der Waals surface area contributed by atoms with Gasteiger partial charge in [0.1, 0.15) is 24.8 Å². The van der Waals surface area contributed by atoms with Crippen LogP contribution in [0.25, 0.3) is 20.4 Å². The van der Waals surface area contributed by atoms with E-state index in [2.05, 4.69) is 9.98 Å². The number of aryl methyl sites for hydroxylation is 2. The minimum Gasteiger partial charge on any atom is -0.362 e. The van der Waals surface area contributed by atoms with E-state index in [0.717, 1.165) is 46.9 Å². The van der Waals surface area contributed by atoms with Gasteiger partial charge in [-0.15, -0.1) is 0 Å². The molecule has 0 spiro atoms. The van der Waals surface area contributed by atoms with Gasteiger partial charge in [-0.2, -0.15) is 9.98 Å². The van der Waals surface area contributed by atoms with E-state index >= 15 is 0 Å². The molecule has 0 fully saturated rings. The van der Waals surface area contributed by atoms with Crippen LogP contribution in [0, 0.1) is 23.3 Å². The second kappa shape index (κ2) is 9.00. The second-order valence-electron chi connectivity index (χ2n) is 6.86. The van der Waals surface area contributed by atoms with Crippen molar-refractivity contribution in [2.24, 2.45) is 24.1 Å². The maximum absolute atomic E-state index is 14.0. The number of rotatable bonds is 4. The van der Waals surface area contributed by atoms with Gasteiger partial charge < -0.3 is 13.9 Å². The van der Waals surface area contributed by atoms with Crippen molar-refractivity contribution in [3.8, 4) is 0 Å². The summed E-state index contributed by atoms with van der Waals surface area (Å²) >= 11 is 1.85. The zero-order chi connectivity index (χ0) is 23.9. The molecule has 2 amide bonds. The van der Waals surface area contributed by atoms with Crippen molar-refractivity contribution in [3.63, 3.8) is 0 Å². The number of fused-ring (bicyclic) bond motifs is 2. The van der Waals surface area contributed by atoms with E-state index in [1.165, 1.54) is 23.2 Å². The number of carbonyl (C=O) groups excluding carboxylic acids is 2. The number of hydrogen-bond donors (Lipinski definition) is 0. The molecule has 2 aromatic carbocycles. The van der Waals surface area contributed by atoms with Crippen molar-refractivity contribution in [2.45, 2.75) is 0 Å². The molecule has 0 aliphatic carbocycles. The molecule has 0 unspecified atom stereocenters. The predicted molar refractivity (Wildman–Crippen MR) is 113 cm³/mol. The van der Waals surface area contributed by atoms with Crippen LogP contribution in [0.3, 0.4) is 0 Å². The van der Waals surface area contributed by atoms with Crippen LogP contribution in [0.2, 0.25) is 0 Å². The molecule has 13 heteroatoms. The van der Waals surface area contributed by atoms with Gasteiger partial charge in [-0.1, -0.05) is 22.7 Å². The molecule has 4 rings (SSSR count). The zero-order valence-corrected chi connectivity index (χ0v) is 18.7. The van der Waals surface area contributed by atoms with Crippen LogP contribution < -0.4 is 9.60 Å². The molecule has 172 valence electrons. The van der Waals surface area contributed by atoms with Gasteiger partial charge in [0, 0.05) is 26.2 Å². The van der Waals surface area contributed by atoms with Crippen molar-refractivity contribution in [2.75, 3.05) is 13.2 Å². The number of halogens is 4. The summed E-state index contributed by atoms with van der Waals surface area (Å²) in [4.78, 5) is 32.1. The fraction of sp³-hybridized carbons (Fsp3) is 0.200. The molecule has 0 aliphatic heterocycles. The number of carbonyl (C=O) groups is 2. The number of ether oxygens (including phenoxy) is 1. The first-order chi connectivity index (χ1) is 15.6. The van der Waals surface area contributed by atoms with Crippen molar-refractivity contribution in [1.29, 1.82) is 0 Å². The zero-order valence-electron chi connectivity index (χ0n) is 17.1. The lowest BCUT2D eigenvalue weighted by atomic mass is 10.3. The van der Waals surface area contributed by atoms with Gasteiger partial charge in [0.05, 0.1) is 20.4 Å². The highest BCUT2D eigenvalue weighted by Crippen LogP contribution is 2.22. The van der Waals surface area contributed by atoms with E-state index in [9.17, 15) is 27.2 Å². The van der Waals surface area contributed by atoms with Crippen LogP contribution in [-0.2, 0) is 28.4 Å². The SMILES string of the molecule is Cn1c(=NC(=O)COCC(=O)N=c2sc3cc(F)cc(F)c3n2C)sc2cc(F)cc(F)c21. The van der Waals surface area contributed by atoms with Gasteiger partial charge in [-0.05, 0) is 12.1 Å². The largest absolute Gasteiger partial charge is 0.362 e. The Morgan fingerprint density at radius 2 is 1.18 bits per heavy atom. The summed E-state index contributed by atoms with van der Waals surface area (Å²) < 4.78 is 63.0. The molecule has 0 radical (unpaired) electrons. The number of nitrogens with zero attached hydrogens (tertiary/aromatic N) is 4. The van der Waals surface area contributed by atoms with Crippen molar-refractivity contribution in [1.82, 2.24) is 9.13 Å². The van der Waals surface area contributed by atoms with Gasteiger partial charge in [0.15, 0.2) is 21.2 Å². The highest BCUT2D eigenvalue weighted by molar-refractivity contribution is 7.16. The summed E-state index contributed by atoms with van der Waals surface area (Å²) in [5, 5.41) is 0. The molecule has 0 saturated heterocycles. The quantitative estimate of drug-likeness (QED) is 0.406. The standard InChI is InChI=1S/C20H14F4N4O3S2/c1-27-17-11(23)3-9(21)5-13(17)32-19(27)25-15(29)7-31-8-16(30)26-20-28(2)18-12(24)4-10(22)6-14(18)33-20/h3-6H,7-8H2,1-2H3. The Labute approximate surface area is 190 Å². The van der Waals surface area contributed by atoms with Gasteiger partial charge in [-0.25, -0.2) is 17.6 Å². The lowest BCUT2D eigenvalue weighted by Gasteiger charge is -1.99. The van der Waals surface area contributed by atoms with Crippen molar-refractivity contribution in [3.05, 3.63) is 57.1 Å². The summed E-state index contributed by atoms with van der Waals surface area (Å²) in [7, 11) is 2.96. The summed E-state index contributed by atoms with van der Waals surface area (Å²) in [5.74, 6) is -4.53. The summed E-state index contributed by atoms with van der Waals surface area (Å²) in [6, 6.07) is 3.75. The summed E-state index contributed by atoms with van der Waals surface area (Å²) in [5.41, 5.74) is 0.214. The Bertz CT molecular complexity index is 1450. The van der Waals surface area contributed by atoms with Gasteiger partial charge in [0.25, 0.3) is 11.8 Å². The minimum atomic E-state index is -0.780. The topological polar surface area (TPSA) is 78.0 Å².